The Hall–Kier alpha value is -1.59. The fraction of sp³-hybridized carbons (Fsp3) is 0.588. The molecule has 2 aliphatic rings. The zero-order chi connectivity index (χ0) is 15.4. The highest BCUT2D eigenvalue weighted by molar-refractivity contribution is 5.94. The zero-order valence-corrected chi connectivity index (χ0v) is 13.1. The monoisotopic (exact) mass is 304 g/mol. The number of carbonyl (C=O) groups is 1. The van der Waals surface area contributed by atoms with E-state index in [4.69, 9.17) is 9.47 Å². The van der Waals surface area contributed by atoms with Crippen LogP contribution in [0, 0.1) is 0 Å². The Balaban J connectivity index is 1.61. The minimum atomic E-state index is 0.0796. The maximum atomic E-state index is 12.6. The smallest absolute Gasteiger partial charge is 0.254 e. The van der Waals surface area contributed by atoms with E-state index < -0.39 is 0 Å². The molecule has 0 radical (unpaired) electrons. The van der Waals surface area contributed by atoms with E-state index in [1.165, 1.54) is 0 Å². The predicted octanol–water partition coefficient (Wildman–Crippen LogP) is 1.68. The molecule has 1 aromatic rings. The molecule has 120 valence electrons. The molecule has 2 heterocycles. The van der Waals surface area contributed by atoms with Crippen molar-refractivity contribution in [3.8, 4) is 5.75 Å². The van der Waals surface area contributed by atoms with E-state index in [1.807, 2.05) is 29.2 Å². The summed E-state index contributed by atoms with van der Waals surface area (Å²) in [7, 11) is 0. The maximum absolute atomic E-state index is 12.6. The molecule has 2 saturated heterocycles. The maximum Gasteiger partial charge on any atom is 0.254 e. The Morgan fingerprint density at radius 1 is 1.50 bits per heavy atom. The molecule has 2 atom stereocenters. The summed E-state index contributed by atoms with van der Waals surface area (Å²) in [5.41, 5.74) is 0.693. The van der Waals surface area contributed by atoms with E-state index in [-0.39, 0.29) is 12.0 Å². The van der Waals surface area contributed by atoms with Crippen molar-refractivity contribution in [1.82, 2.24) is 10.2 Å². The van der Waals surface area contributed by atoms with Gasteiger partial charge in [-0.1, -0.05) is 6.07 Å². The molecule has 0 bridgehead atoms. The number of nitrogens with one attached hydrogen (secondary N) is 1. The van der Waals surface area contributed by atoms with Gasteiger partial charge in [-0.2, -0.15) is 0 Å². The van der Waals surface area contributed by atoms with Crippen LogP contribution in [-0.2, 0) is 4.74 Å². The first kappa shape index (κ1) is 15.3. The van der Waals surface area contributed by atoms with Crippen molar-refractivity contribution in [3.05, 3.63) is 29.8 Å². The molecule has 0 aromatic heterocycles. The molecule has 0 saturated carbocycles. The van der Waals surface area contributed by atoms with Crippen LogP contribution in [0.2, 0.25) is 0 Å². The van der Waals surface area contributed by atoms with Crippen molar-refractivity contribution in [1.29, 1.82) is 0 Å². The van der Waals surface area contributed by atoms with Gasteiger partial charge in [0, 0.05) is 37.8 Å². The van der Waals surface area contributed by atoms with Gasteiger partial charge < -0.3 is 19.7 Å². The molecule has 3 rings (SSSR count). The van der Waals surface area contributed by atoms with Gasteiger partial charge >= 0.3 is 0 Å². The van der Waals surface area contributed by atoms with Crippen LogP contribution < -0.4 is 10.1 Å². The van der Waals surface area contributed by atoms with Crippen LogP contribution in [0.25, 0.3) is 0 Å². The molecular formula is C17H24N2O3. The van der Waals surface area contributed by atoms with Crippen molar-refractivity contribution >= 4 is 5.91 Å². The molecule has 2 fully saturated rings. The number of rotatable bonds is 4. The minimum absolute atomic E-state index is 0.0796. The van der Waals surface area contributed by atoms with Crippen molar-refractivity contribution in [2.45, 2.75) is 31.9 Å². The van der Waals surface area contributed by atoms with E-state index in [2.05, 4.69) is 12.2 Å². The quantitative estimate of drug-likeness (QED) is 0.919. The molecule has 0 spiro atoms. The van der Waals surface area contributed by atoms with Gasteiger partial charge in [0.1, 0.15) is 12.4 Å². The Labute approximate surface area is 131 Å². The summed E-state index contributed by atoms with van der Waals surface area (Å²) in [6.07, 6.45) is 2.35. The van der Waals surface area contributed by atoms with Crippen LogP contribution in [0.1, 0.15) is 30.1 Å². The van der Waals surface area contributed by atoms with E-state index in [0.29, 0.717) is 18.2 Å². The van der Waals surface area contributed by atoms with E-state index in [9.17, 15) is 4.79 Å². The van der Waals surface area contributed by atoms with Crippen LogP contribution in [0.5, 0.6) is 5.75 Å². The van der Waals surface area contributed by atoms with E-state index in [0.717, 1.165) is 44.8 Å². The first-order chi connectivity index (χ1) is 10.7. The summed E-state index contributed by atoms with van der Waals surface area (Å²) in [4.78, 5) is 14.5. The number of piperazine rings is 1. The van der Waals surface area contributed by atoms with Gasteiger partial charge in [0.2, 0.25) is 0 Å². The molecule has 1 N–H and O–H groups in total. The first-order valence-corrected chi connectivity index (χ1v) is 8.09. The molecular weight excluding hydrogens is 280 g/mol. The summed E-state index contributed by atoms with van der Waals surface area (Å²) >= 11 is 0. The molecule has 0 unspecified atom stereocenters. The lowest BCUT2D eigenvalue weighted by atomic mass is 10.1. The van der Waals surface area contributed by atoms with Crippen LogP contribution >= 0.6 is 0 Å². The van der Waals surface area contributed by atoms with Gasteiger partial charge in [-0.05, 0) is 38.0 Å². The third-order valence-corrected chi connectivity index (χ3v) is 4.20. The lowest BCUT2D eigenvalue weighted by molar-refractivity contribution is 0.0674. The van der Waals surface area contributed by atoms with Crippen LogP contribution in [0.3, 0.4) is 0 Å². The van der Waals surface area contributed by atoms with Gasteiger partial charge in [0.15, 0.2) is 0 Å². The highest BCUT2D eigenvalue weighted by Gasteiger charge is 2.22. The molecule has 1 aromatic carbocycles. The van der Waals surface area contributed by atoms with Crippen molar-refractivity contribution in [2.75, 3.05) is 32.8 Å². The van der Waals surface area contributed by atoms with Gasteiger partial charge in [-0.15, -0.1) is 0 Å². The zero-order valence-electron chi connectivity index (χ0n) is 13.1. The Morgan fingerprint density at radius 3 is 3.18 bits per heavy atom. The second-order valence-corrected chi connectivity index (χ2v) is 6.08. The number of hydrogen-bond acceptors (Lipinski definition) is 4. The average molecular weight is 304 g/mol. The van der Waals surface area contributed by atoms with Crippen molar-refractivity contribution < 1.29 is 14.3 Å². The predicted molar refractivity (Wildman–Crippen MR) is 84.3 cm³/mol. The lowest BCUT2D eigenvalue weighted by Gasteiger charge is -2.32. The molecule has 1 amide bonds. The molecule has 5 heteroatoms. The fourth-order valence-corrected chi connectivity index (χ4v) is 2.98. The van der Waals surface area contributed by atoms with Gasteiger partial charge in [0.25, 0.3) is 5.91 Å². The van der Waals surface area contributed by atoms with E-state index in [1.54, 1.807) is 0 Å². The van der Waals surface area contributed by atoms with Crippen molar-refractivity contribution in [2.24, 2.45) is 0 Å². The second kappa shape index (κ2) is 7.11. The second-order valence-electron chi connectivity index (χ2n) is 6.08. The highest BCUT2D eigenvalue weighted by atomic mass is 16.5. The van der Waals surface area contributed by atoms with Gasteiger partial charge in [-0.25, -0.2) is 0 Å². The molecule has 0 aliphatic carbocycles. The number of ether oxygens (including phenoxy) is 2. The summed E-state index contributed by atoms with van der Waals surface area (Å²) in [5.74, 6) is 0.820. The number of carbonyl (C=O) groups excluding carboxylic acids is 1. The Kier molecular flexibility index (Phi) is 4.95. The van der Waals surface area contributed by atoms with Gasteiger partial charge in [0.05, 0.1) is 6.10 Å². The summed E-state index contributed by atoms with van der Waals surface area (Å²) in [6, 6.07) is 7.81. The molecule has 5 nitrogen and oxygen atoms in total. The molecule has 2 aliphatic heterocycles. The van der Waals surface area contributed by atoms with E-state index >= 15 is 0 Å². The third kappa shape index (κ3) is 3.78. The lowest BCUT2D eigenvalue weighted by Crippen LogP contribution is -2.51. The van der Waals surface area contributed by atoms with Crippen LogP contribution in [0.4, 0.5) is 0 Å². The Morgan fingerprint density at radius 2 is 2.41 bits per heavy atom. The first-order valence-electron chi connectivity index (χ1n) is 8.09. The minimum Gasteiger partial charge on any atom is -0.491 e. The Bertz CT molecular complexity index is 514. The number of nitrogens with zero attached hydrogens (tertiary/aromatic N) is 1. The normalized spacial score (nSPS) is 25.2. The number of benzene rings is 1. The van der Waals surface area contributed by atoms with Crippen LogP contribution in [-0.4, -0.2) is 55.8 Å². The van der Waals surface area contributed by atoms with Gasteiger partial charge in [-0.3, -0.25) is 4.79 Å². The SMILES string of the molecule is C[C@H]1CN(C(=O)c2cccc(OC[C@H]3CCCO3)c2)CCN1. The highest BCUT2D eigenvalue weighted by Crippen LogP contribution is 2.18. The third-order valence-electron chi connectivity index (χ3n) is 4.20. The standard InChI is InChI=1S/C17H24N2O3/c1-13-11-19(8-7-18-13)17(20)14-4-2-5-15(10-14)22-12-16-6-3-9-21-16/h2,4-5,10,13,16,18H,3,6-9,11-12H2,1H3/t13-,16+/m0/s1. The summed E-state index contributed by atoms with van der Waals surface area (Å²) in [5, 5.41) is 3.35. The molecule has 22 heavy (non-hydrogen) atoms. The van der Waals surface area contributed by atoms with Crippen LogP contribution in [0.15, 0.2) is 24.3 Å². The summed E-state index contributed by atoms with van der Waals surface area (Å²) in [6.45, 7) is 5.84. The number of hydrogen-bond donors (Lipinski definition) is 1. The fourth-order valence-electron chi connectivity index (χ4n) is 2.98. The van der Waals surface area contributed by atoms with Crippen molar-refractivity contribution in [3.63, 3.8) is 0 Å². The summed E-state index contributed by atoms with van der Waals surface area (Å²) < 4.78 is 11.3. The average Bonchev–Trinajstić information content (AvgIpc) is 3.06. The number of amides is 1. The topological polar surface area (TPSA) is 50.8 Å². The largest absolute Gasteiger partial charge is 0.491 e.